The summed E-state index contributed by atoms with van der Waals surface area (Å²) in [6, 6.07) is 8.75. The Morgan fingerprint density at radius 2 is 1.41 bits per heavy atom. The van der Waals surface area contributed by atoms with Crippen LogP contribution >= 0.6 is 11.6 Å². The Labute approximate surface area is 198 Å². The fraction of sp³-hybridized carbons (Fsp3) is 0.308. The van der Waals surface area contributed by atoms with Gasteiger partial charge in [-0.05, 0) is 47.9 Å². The van der Waals surface area contributed by atoms with Gasteiger partial charge in [0.05, 0.1) is 10.6 Å². The van der Waals surface area contributed by atoms with Gasteiger partial charge < -0.3 is 4.74 Å². The maximum absolute atomic E-state index is 15.1. The van der Waals surface area contributed by atoms with Gasteiger partial charge in [0.15, 0.2) is 17.5 Å². The Morgan fingerprint density at radius 3 is 2.00 bits per heavy atom. The minimum atomic E-state index is -3.97. The zero-order valence-electron chi connectivity index (χ0n) is 18.2. The molecule has 1 saturated carbocycles. The molecule has 0 bridgehead atoms. The molecule has 0 aromatic heterocycles. The number of hydrogen-bond donors (Lipinski definition) is 0. The van der Waals surface area contributed by atoms with Gasteiger partial charge in [0.1, 0.15) is 11.6 Å². The summed E-state index contributed by atoms with van der Waals surface area (Å²) in [6.07, 6.45) is -0.137. The van der Waals surface area contributed by atoms with Crippen LogP contribution in [0.2, 0.25) is 5.02 Å². The summed E-state index contributed by atoms with van der Waals surface area (Å²) in [5.74, 6) is -5.74. The van der Waals surface area contributed by atoms with Gasteiger partial charge in [-0.15, -0.1) is 0 Å². The van der Waals surface area contributed by atoms with Crippen molar-refractivity contribution in [1.29, 1.82) is 0 Å². The highest BCUT2D eigenvalue weighted by molar-refractivity contribution is 6.33. The molecule has 8 heteroatoms. The number of benzene rings is 3. The molecule has 180 valence electrons. The van der Waals surface area contributed by atoms with E-state index < -0.39 is 40.7 Å². The molecule has 0 aliphatic heterocycles. The molecule has 0 saturated heterocycles. The lowest BCUT2D eigenvalue weighted by Gasteiger charge is -2.27. The lowest BCUT2D eigenvalue weighted by atomic mass is 9.79. The minimum Gasteiger partial charge on any atom is -0.429 e. The van der Waals surface area contributed by atoms with Crippen LogP contribution in [0.1, 0.15) is 49.7 Å². The van der Waals surface area contributed by atoms with Crippen molar-refractivity contribution in [3.8, 4) is 16.9 Å². The second kappa shape index (κ2) is 9.53. The number of hydrogen-bond acceptors (Lipinski definition) is 1. The monoisotopic (exact) mass is 498 g/mol. The van der Waals surface area contributed by atoms with Crippen LogP contribution in [0.25, 0.3) is 11.1 Å². The van der Waals surface area contributed by atoms with Gasteiger partial charge in [-0.25, -0.2) is 17.6 Å². The quantitative estimate of drug-likeness (QED) is 0.252. The standard InChI is InChI=1S/C26H21ClF6O/c1-14-2-4-16(5-3-14)20-11-10-19(23(27)24(20)30)15-6-8-17(9-7-15)26(32,33)34-18-12-21(28)25(31)22(29)13-18/h6-14,16H,2-5H2,1H3. The van der Waals surface area contributed by atoms with Crippen LogP contribution in [0.4, 0.5) is 26.3 Å². The van der Waals surface area contributed by atoms with Crippen LogP contribution in [0, 0.1) is 29.2 Å². The van der Waals surface area contributed by atoms with E-state index in [1.165, 1.54) is 12.1 Å². The van der Waals surface area contributed by atoms with Gasteiger partial charge in [-0.2, -0.15) is 8.78 Å². The molecule has 1 aliphatic carbocycles. The molecule has 0 atom stereocenters. The Balaban J connectivity index is 1.55. The van der Waals surface area contributed by atoms with E-state index in [-0.39, 0.29) is 10.9 Å². The molecule has 0 N–H and O–H groups in total. The van der Waals surface area contributed by atoms with E-state index in [2.05, 4.69) is 11.7 Å². The topological polar surface area (TPSA) is 9.23 Å². The van der Waals surface area contributed by atoms with E-state index in [1.807, 2.05) is 0 Å². The van der Waals surface area contributed by atoms with E-state index in [0.717, 1.165) is 37.8 Å². The molecule has 1 aliphatic rings. The van der Waals surface area contributed by atoms with Crippen molar-refractivity contribution in [3.63, 3.8) is 0 Å². The molecule has 34 heavy (non-hydrogen) atoms. The minimum absolute atomic E-state index is 0.0795. The van der Waals surface area contributed by atoms with E-state index in [9.17, 15) is 22.0 Å². The number of rotatable bonds is 5. The van der Waals surface area contributed by atoms with E-state index in [0.29, 0.717) is 34.7 Å². The average molecular weight is 499 g/mol. The molecule has 0 heterocycles. The number of halogens is 7. The molecule has 0 unspecified atom stereocenters. The van der Waals surface area contributed by atoms with E-state index in [1.54, 1.807) is 12.1 Å². The molecule has 0 radical (unpaired) electrons. The second-order valence-electron chi connectivity index (χ2n) is 8.68. The third-order valence-corrected chi connectivity index (χ3v) is 6.67. The van der Waals surface area contributed by atoms with Crippen molar-refractivity contribution >= 4 is 11.6 Å². The summed E-state index contributed by atoms with van der Waals surface area (Å²) >= 11 is 6.31. The number of alkyl halides is 2. The van der Waals surface area contributed by atoms with Crippen molar-refractivity contribution in [2.24, 2.45) is 5.92 Å². The SMILES string of the molecule is CC1CCC(c2ccc(-c3ccc(C(F)(F)Oc4cc(F)c(F)c(F)c4)cc3)c(Cl)c2F)CC1. The van der Waals surface area contributed by atoms with E-state index in [4.69, 9.17) is 11.6 Å². The van der Waals surface area contributed by atoms with Crippen LogP contribution in [0.3, 0.4) is 0 Å². The first-order chi connectivity index (χ1) is 16.1. The van der Waals surface area contributed by atoms with Crippen molar-refractivity contribution in [3.05, 3.63) is 87.9 Å². The van der Waals surface area contributed by atoms with Gasteiger partial charge >= 0.3 is 6.11 Å². The first-order valence-corrected chi connectivity index (χ1v) is 11.2. The van der Waals surface area contributed by atoms with Crippen molar-refractivity contribution in [2.45, 2.75) is 44.6 Å². The zero-order valence-corrected chi connectivity index (χ0v) is 18.9. The third kappa shape index (κ3) is 4.90. The lowest BCUT2D eigenvalue weighted by molar-refractivity contribution is -0.185. The van der Waals surface area contributed by atoms with Crippen molar-refractivity contribution < 1.29 is 31.1 Å². The maximum atomic E-state index is 15.1. The fourth-order valence-corrected chi connectivity index (χ4v) is 4.60. The highest BCUT2D eigenvalue weighted by atomic mass is 35.5. The Bertz CT molecular complexity index is 1160. The van der Waals surface area contributed by atoms with Gasteiger partial charge in [0.25, 0.3) is 0 Å². The molecule has 1 nitrogen and oxygen atoms in total. The third-order valence-electron chi connectivity index (χ3n) is 6.30. The van der Waals surface area contributed by atoms with Gasteiger partial charge in [-0.3, -0.25) is 0 Å². The molecule has 1 fully saturated rings. The Kier molecular flexibility index (Phi) is 6.85. The molecular formula is C26H21ClF6O. The van der Waals surface area contributed by atoms with Gasteiger partial charge in [-0.1, -0.05) is 55.6 Å². The highest BCUT2D eigenvalue weighted by Crippen LogP contribution is 2.41. The first kappa shape index (κ1) is 24.5. The number of ether oxygens (including phenoxy) is 1. The molecule has 3 aromatic rings. The normalized spacial score (nSPS) is 18.7. The predicted molar refractivity (Wildman–Crippen MR) is 118 cm³/mol. The second-order valence-corrected chi connectivity index (χ2v) is 9.06. The summed E-state index contributed by atoms with van der Waals surface area (Å²) in [4.78, 5) is 0. The largest absolute Gasteiger partial charge is 0.429 e. The van der Waals surface area contributed by atoms with Gasteiger partial charge in [0, 0.05) is 17.7 Å². The molecule has 4 rings (SSSR count). The summed E-state index contributed by atoms with van der Waals surface area (Å²) in [5.41, 5.74) is 0.707. The smallest absolute Gasteiger partial charge is 0.426 e. The van der Waals surface area contributed by atoms with Crippen LogP contribution in [0.15, 0.2) is 48.5 Å². The lowest BCUT2D eigenvalue weighted by Crippen LogP contribution is -2.22. The average Bonchev–Trinajstić information content (AvgIpc) is 2.80. The van der Waals surface area contributed by atoms with Crippen LogP contribution in [0.5, 0.6) is 5.75 Å². The van der Waals surface area contributed by atoms with Gasteiger partial charge in [0.2, 0.25) is 0 Å². The first-order valence-electron chi connectivity index (χ1n) is 10.9. The van der Waals surface area contributed by atoms with Crippen molar-refractivity contribution in [2.75, 3.05) is 0 Å². The van der Waals surface area contributed by atoms with Crippen LogP contribution < -0.4 is 4.74 Å². The molecule has 0 spiro atoms. The highest BCUT2D eigenvalue weighted by Gasteiger charge is 2.35. The van der Waals surface area contributed by atoms with Crippen molar-refractivity contribution in [1.82, 2.24) is 0 Å². The van der Waals surface area contributed by atoms with Crippen LogP contribution in [-0.2, 0) is 6.11 Å². The Morgan fingerprint density at radius 1 is 0.824 bits per heavy atom. The Hall–Kier alpha value is -2.67. The molecule has 0 amide bonds. The summed E-state index contributed by atoms with van der Waals surface area (Å²) < 4.78 is 88.2. The van der Waals surface area contributed by atoms with E-state index >= 15 is 4.39 Å². The van der Waals surface area contributed by atoms with Crippen LogP contribution in [-0.4, -0.2) is 0 Å². The summed E-state index contributed by atoms with van der Waals surface area (Å²) in [7, 11) is 0. The predicted octanol–water partition coefficient (Wildman–Crippen LogP) is 8.99. The summed E-state index contributed by atoms with van der Waals surface area (Å²) in [6.45, 7) is 2.18. The maximum Gasteiger partial charge on any atom is 0.426 e. The molecular weight excluding hydrogens is 478 g/mol. The fourth-order valence-electron chi connectivity index (χ4n) is 4.32. The molecule has 3 aromatic carbocycles. The zero-order chi connectivity index (χ0) is 24.6. The summed E-state index contributed by atoms with van der Waals surface area (Å²) in [5, 5.41) is -0.0795.